The van der Waals surface area contributed by atoms with Gasteiger partial charge in [-0.15, -0.1) is 0 Å². The average molecular weight is 397 g/mol. The van der Waals surface area contributed by atoms with Crippen LogP contribution in [0.15, 0.2) is 47.4 Å². The van der Waals surface area contributed by atoms with Gasteiger partial charge >= 0.3 is 0 Å². The summed E-state index contributed by atoms with van der Waals surface area (Å²) in [6.07, 6.45) is 2.15. The quantitative estimate of drug-likeness (QED) is 0.782. The standard InChI is InChI=1S/C22H27N3O4/c1-22(2)17(11-18(22)29-4)24-19(26)15-10-16(20(27)23-12-15)21(28)25(3)13-14-8-6-5-7-9-14/h5-10,12,17-18H,11,13H2,1-4H3,(H,23,27)(H,24,26). The topological polar surface area (TPSA) is 91.5 Å². The summed E-state index contributed by atoms with van der Waals surface area (Å²) in [6, 6.07) is 10.8. The highest BCUT2D eigenvalue weighted by Crippen LogP contribution is 2.42. The molecule has 29 heavy (non-hydrogen) atoms. The zero-order valence-corrected chi connectivity index (χ0v) is 17.2. The fraction of sp³-hybridized carbons (Fsp3) is 0.409. The molecule has 0 spiro atoms. The molecule has 2 N–H and O–H groups in total. The molecule has 1 aromatic heterocycles. The third-order valence-corrected chi connectivity index (χ3v) is 5.77. The number of benzene rings is 1. The summed E-state index contributed by atoms with van der Waals surface area (Å²) in [5, 5.41) is 2.98. The van der Waals surface area contributed by atoms with Gasteiger partial charge in [0.05, 0.1) is 11.7 Å². The number of methoxy groups -OCH3 is 1. The number of nitrogens with zero attached hydrogens (tertiary/aromatic N) is 1. The normalized spacial score (nSPS) is 19.9. The van der Waals surface area contributed by atoms with E-state index in [2.05, 4.69) is 10.3 Å². The number of hydrogen-bond acceptors (Lipinski definition) is 4. The Hall–Kier alpha value is -2.93. The van der Waals surface area contributed by atoms with Gasteiger partial charge in [-0.3, -0.25) is 14.4 Å². The lowest BCUT2D eigenvalue weighted by atomic mass is 9.64. The van der Waals surface area contributed by atoms with Crippen LogP contribution in [0.2, 0.25) is 0 Å². The molecule has 1 heterocycles. The summed E-state index contributed by atoms with van der Waals surface area (Å²) in [6.45, 7) is 4.44. The smallest absolute Gasteiger partial charge is 0.260 e. The minimum absolute atomic E-state index is 0.0354. The maximum Gasteiger partial charge on any atom is 0.260 e. The van der Waals surface area contributed by atoms with E-state index >= 15 is 0 Å². The SMILES string of the molecule is COC1CC(NC(=O)c2c[nH]c(=O)c(C(=O)N(C)Cc3ccccc3)c2)C1(C)C. The predicted octanol–water partition coefficient (Wildman–Crippen LogP) is 2.19. The van der Waals surface area contributed by atoms with Crippen LogP contribution < -0.4 is 10.9 Å². The summed E-state index contributed by atoms with van der Waals surface area (Å²) in [7, 11) is 3.29. The number of nitrogens with one attached hydrogen (secondary N) is 2. The maximum absolute atomic E-state index is 12.8. The number of carbonyl (C=O) groups is 2. The molecule has 7 nitrogen and oxygen atoms in total. The lowest BCUT2D eigenvalue weighted by molar-refractivity contribution is -0.0942. The molecule has 2 unspecified atom stereocenters. The Balaban J connectivity index is 1.73. The molecular weight excluding hydrogens is 370 g/mol. The van der Waals surface area contributed by atoms with Gasteiger partial charge in [-0.25, -0.2) is 0 Å². The molecule has 0 bridgehead atoms. The second-order valence-electron chi connectivity index (χ2n) is 8.09. The largest absolute Gasteiger partial charge is 0.381 e. The molecule has 2 amide bonds. The van der Waals surface area contributed by atoms with Crippen molar-refractivity contribution in [3.8, 4) is 0 Å². The van der Waals surface area contributed by atoms with Crippen LogP contribution in [0.4, 0.5) is 0 Å². The number of aromatic nitrogens is 1. The molecule has 7 heteroatoms. The van der Waals surface area contributed by atoms with E-state index in [1.165, 1.54) is 17.2 Å². The van der Waals surface area contributed by atoms with Crippen LogP contribution >= 0.6 is 0 Å². The molecule has 1 aliphatic carbocycles. The first-order valence-electron chi connectivity index (χ1n) is 9.59. The number of ether oxygens (including phenoxy) is 1. The summed E-state index contributed by atoms with van der Waals surface area (Å²) >= 11 is 0. The minimum atomic E-state index is -0.519. The van der Waals surface area contributed by atoms with Crippen LogP contribution in [0.3, 0.4) is 0 Å². The van der Waals surface area contributed by atoms with Crippen molar-refractivity contribution in [2.24, 2.45) is 5.41 Å². The van der Waals surface area contributed by atoms with Crippen molar-refractivity contribution >= 4 is 11.8 Å². The van der Waals surface area contributed by atoms with Crippen LogP contribution in [-0.4, -0.2) is 48.0 Å². The highest BCUT2D eigenvalue weighted by molar-refractivity contribution is 5.99. The third kappa shape index (κ3) is 4.24. The van der Waals surface area contributed by atoms with Gasteiger partial charge < -0.3 is 19.9 Å². The Bertz CT molecular complexity index is 952. The first kappa shape index (κ1) is 20.8. The predicted molar refractivity (Wildman–Crippen MR) is 110 cm³/mol. The van der Waals surface area contributed by atoms with Crippen LogP contribution in [0.1, 0.15) is 46.5 Å². The lowest BCUT2D eigenvalue weighted by Crippen LogP contribution is -2.61. The highest BCUT2D eigenvalue weighted by atomic mass is 16.5. The van der Waals surface area contributed by atoms with Gasteiger partial charge in [-0.05, 0) is 18.1 Å². The van der Waals surface area contributed by atoms with Crippen molar-refractivity contribution in [2.45, 2.75) is 39.0 Å². The fourth-order valence-electron chi connectivity index (χ4n) is 3.68. The summed E-state index contributed by atoms with van der Waals surface area (Å²) in [5.41, 5.74) is 0.446. The molecule has 1 aliphatic rings. The monoisotopic (exact) mass is 397 g/mol. The Kier molecular flexibility index (Phi) is 5.88. The van der Waals surface area contributed by atoms with Crippen molar-refractivity contribution in [2.75, 3.05) is 14.2 Å². The molecule has 1 fully saturated rings. The van der Waals surface area contributed by atoms with Gasteiger partial charge in [0.2, 0.25) is 0 Å². The van der Waals surface area contributed by atoms with Crippen molar-refractivity contribution in [3.63, 3.8) is 0 Å². The molecule has 1 aromatic carbocycles. The van der Waals surface area contributed by atoms with E-state index in [0.29, 0.717) is 6.54 Å². The van der Waals surface area contributed by atoms with E-state index in [0.717, 1.165) is 12.0 Å². The molecule has 154 valence electrons. The van der Waals surface area contributed by atoms with E-state index in [1.54, 1.807) is 14.2 Å². The first-order chi connectivity index (χ1) is 13.7. The number of H-pyrrole nitrogens is 1. The highest BCUT2D eigenvalue weighted by Gasteiger charge is 2.49. The van der Waals surface area contributed by atoms with Crippen molar-refractivity contribution in [1.82, 2.24) is 15.2 Å². The summed E-state index contributed by atoms with van der Waals surface area (Å²) in [4.78, 5) is 41.6. The van der Waals surface area contributed by atoms with Gasteiger partial charge in [0.1, 0.15) is 5.56 Å². The molecular formula is C22H27N3O4. The van der Waals surface area contributed by atoms with E-state index in [-0.39, 0.29) is 34.6 Å². The van der Waals surface area contributed by atoms with Gasteiger partial charge in [0.25, 0.3) is 17.4 Å². The van der Waals surface area contributed by atoms with Crippen molar-refractivity contribution in [1.29, 1.82) is 0 Å². The first-order valence-corrected chi connectivity index (χ1v) is 9.59. The Morgan fingerprint density at radius 3 is 2.59 bits per heavy atom. The van der Waals surface area contributed by atoms with E-state index in [4.69, 9.17) is 4.74 Å². The zero-order valence-electron chi connectivity index (χ0n) is 17.2. The summed E-state index contributed by atoms with van der Waals surface area (Å²) in [5.74, 6) is -0.762. The molecule has 2 aromatic rings. The molecule has 2 atom stereocenters. The molecule has 3 rings (SSSR count). The average Bonchev–Trinajstić information content (AvgIpc) is 2.71. The van der Waals surface area contributed by atoms with E-state index < -0.39 is 11.5 Å². The fourth-order valence-corrected chi connectivity index (χ4v) is 3.68. The summed E-state index contributed by atoms with van der Waals surface area (Å²) < 4.78 is 5.41. The number of hydrogen-bond donors (Lipinski definition) is 2. The van der Waals surface area contributed by atoms with Crippen LogP contribution in [0.25, 0.3) is 0 Å². The van der Waals surface area contributed by atoms with Crippen molar-refractivity contribution < 1.29 is 14.3 Å². The number of pyridine rings is 1. The Morgan fingerprint density at radius 2 is 1.97 bits per heavy atom. The van der Waals surface area contributed by atoms with Crippen molar-refractivity contribution in [3.05, 3.63) is 69.6 Å². The number of aromatic amines is 1. The molecule has 0 radical (unpaired) electrons. The van der Waals surface area contributed by atoms with Gasteiger partial charge in [0, 0.05) is 38.4 Å². The lowest BCUT2D eigenvalue weighted by Gasteiger charge is -2.51. The molecule has 0 aliphatic heterocycles. The van der Waals surface area contributed by atoms with Gasteiger partial charge in [-0.2, -0.15) is 0 Å². The third-order valence-electron chi connectivity index (χ3n) is 5.77. The zero-order chi connectivity index (χ0) is 21.2. The second-order valence-corrected chi connectivity index (χ2v) is 8.09. The van der Waals surface area contributed by atoms with E-state index in [9.17, 15) is 14.4 Å². The minimum Gasteiger partial charge on any atom is -0.381 e. The number of amides is 2. The Morgan fingerprint density at radius 1 is 1.28 bits per heavy atom. The van der Waals surface area contributed by atoms with Gasteiger partial charge in [0.15, 0.2) is 0 Å². The molecule has 0 saturated heterocycles. The number of rotatable bonds is 6. The van der Waals surface area contributed by atoms with Crippen LogP contribution in [0, 0.1) is 5.41 Å². The second kappa shape index (κ2) is 8.21. The maximum atomic E-state index is 12.8. The van der Waals surface area contributed by atoms with Gasteiger partial charge in [-0.1, -0.05) is 44.2 Å². The van der Waals surface area contributed by atoms with E-state index in [1.807, 2.05) is 44.2 Å². The van der Waals surface area contributed by atoms with Crippen LogP contribution in [0.5, 0.6) is 0 Å². The van der Waals surface area contributed by atoms with Crippen LogP contribution in [-0.2, 0) is 11.3 Å². The number of carbonyl (C=O) groups excluding carboxylic acids is 2. The molecule has 1 saturated carbocycles. The Labute approximate surface area is 170 Å².